The third-order valence-electron chi connectivity index (χ3n) is 7.78. The summed E-state index contributed by atoms with van der Waals surface area (Å²) in [5, 5.41) is 0. The van der Waals surface area contributed by atoms with Gasteiger partial charge in [-0.05, 0) is 72.5 Å². The van der Waals surface area contributed by atoms with Crippen LogP contribution in [0.3, 0.4) is 0 Å². The summed E-state index contributed by atoms with van der Waals surface area (Å²) in [6.07, 6.45) is 3.23. The minimum Gasteiger partial charge on any atom is -0.461 e. The fraction of sp³-hybridized carbons (Fsp3) is 0.963. The third-order valence-corrected chi connectivity index (χ3v) is 7.78. The highest BCUT2D eigenvalue weighted by molar-refractivity contribution is 5.77. The van der Waals surface area contributed by atoms with Gasteiger partial charge in [-0.15, -0.1) is 0 Å². The highest BCUT2D eigenvalue weighted by Gasteiger charge is 2.48. The zero-order valence-corrected chi connectivity index (χ0v) is 22.0. The van der Waals surface area contributed by atoms with Crippen LogP contribution < -0.4 is 0 Å². The van der Waals surface area contributed by atoms with Crippen LogP contribution in [0.4, 0.5) is 0 Å². The van der Waals surface area contributed by atoms with E-state index in [1.807, 2.05) is 0 Å². The zero-order chi connectivity index (χ0) is 22.9. The van der Waals surface area contributed by atoms with Gasteiger partial charge in [-0.2, -0.15) is 0 Å². The molecular formula is C27H52O2. The number of carbonyl (C=O) groups excluding carboxylic acids is 1. The molecule has 0 spiro atoms. The molecule has 0 saturated heterocycles. The van der Waals surface area contributed by atoms with Crippen molar-refractivity contribution in [3.63, 3.8) is 0 Å². The maximum Gasteiger partial charge on any atom is 0.312 e. The van der Waals surface area contributed by atoms with Crippen LogP contribution in [0.15, 0.2) is 0 Å². The molecule has 0 aromatic rings. The van der Waals surface area contributed by atoms with Crippen LogP contribution in [0.25, 0.3) is 0 Å². The van der Waals surface area contributed by atoms with Crippen LogP contribution in [0.2, 0.25) is 0 Å². The van der Waals surface area contributed by atoms with Gasteiger partial charge in [0.05, 0.1) is 5.41 Å². The summed E-state index contributed by atoms with van der Waals surface area (Å²) in [6, 6.07) is 0. The highest BCUT2D eigenvalue weighted by atomic mass is 16.5. The SMILES string of the molecule is CC(C)C1CC(C(C)(C)C)CC(C(C)C)C1OC(=O)C(C)(CC(C)(C)C)C(C)C. The average molecular weight is 409 g/mol. The summed E-state index contributed by atoms with van der Waals surface area (Å²) < 4.78 is 6.53. The fourth-order valence-corrected chi connectivity index (χ4v) is 5.40. The average Bonchev–Trinajstić information content (AvgIpc) is 2.51. The highest BCUT2D eigenvalue weighted by Crippen LogP contribution is 2.49. The van der Waals surface area contributed by atoms with Crippen molar-refractivity contribution in [2.45, 2.75) is 115 Å². The molecule has 0 aromatic heterocycles. The lowest BCUT2D eigenvalue weighted by molar-refractivity contribution is -0.180. The molecule has 0 amide bonds. The largest absolute Gasteiger partial charge is 0.461 e. The van der Waals surface area contributed by atoms with E-state index in [0.717, 1.165) is 6.42 Å². The van der Waals surface area contributed by atoms with Crippen LogP contribution in [0.5, 0.6) is 0 Å². The molecule has 1 rings (SSSR count). The molecule has 0 N–H and O–H groups in total. The van der Waals surface area contributed by atoms with E-state index in [2.05, 4.69) is 90.0 Å². The van der Waals surface area contributed by atoms with Crippen LogP contribution in [0.1, 0.15) is 109 Å². The van der Waals surface area contributed by atoms with Crippen molar-refractivity contribution in [1.82, 2.24) is 0 Å². The van der Waals surface area contributed by atoms with Gasteiger partial charge in [-0.3, -0.25) is 4.79 Å². The Morgan fingerprint density at radius 1 is 0.828 bits per heavy atom. The van der Waals surface area contributed by atoms with Crippen molar-refractivity contribution >= 4 is 5.97 Å². The molecular weight excluding hydrogens is 356 g/mol. The summed E-state index contributed by atoms with van der Waals surface area (Å²) in [5.41, 5.74) is -0.0487. The van der Waals surface area contributed by atoms with E-state index in [1.54, 1.807) is 0 Å². The predicted octanol–water partition coefficient (Wildman–Crippen LogP) is 8.00. The van der Waals surface area contributed by atoms with Crippen molar-refractivity contribution in [3.05, 3.63) is 0 Å². The normalized spacial score (nSPS) is 28.7. The molecule has 0 bridgehead atoms. The molecule has 3 atom stereocenters. The molecule has 1 fully saturated rings. The lowest BCUT2D eigenvalue weighted by Crippen LogP contribution is -2.49. The third kappa shape index (κ3) is 6.73. The minimum absolute atomic E-state index is 0.0259. The molecule has 0 radical (unpaired) electrons. The summed E-state index contributed by atoms with van der Waals surface area (Å²) in [6.45, 7) is 29.5. The maximum atomic E-state index is 13.6. The summed E-state index contributed by atoms with van der Waals surface area (Å²) in [4.78, 5) is 13.6. The molecule has 172 valence electrons. The number of carbonyl (C=O) groups is 1. The molecule has 2 nitrogen and oxygen atoms in total. The summed E-state index contributed by atoms with van der Waals surface area (Å²) >= 11 is 0. The van der Waals surface area contributed by atoms with Crippen LogP contribution in [-0.4, -0.2) is 12.1 Å². The van der Waals surface area contributed by atoms with Gasteiger partial charge in [0, 0.05) is 0 Å². The van der Waals surface area contributed by atoms with E-state index >= 15 is 0 Å². The van der Waals surface area contributed by atoms with Crippen molar-refractivity contribution in [2.75, 3.05) is 0 Å². The van der Waals surface area contributed by atoms with Gasteiger partial charge in [-0.1, -0.05) is 83.1 Å². The zero-order valence-electron chi connectivity index (χ0n) is 22.0. The van der Waals surface area contributed by atoms with E-state index in [1.165, 1.54) is 12.8 Å². The van der Waals surface area contributed by atoms with Gasteiger partial charge >= 0.3 is 5.97 Å². The predicted molar refractivity (Wildman–Crippen MR) is 126 cm³/mol. The molecule has 0 heterocycles. The maximum absolute atomic E-state index is 13.6. The van der Waals surface area contributed by atoms with Crippen molar-refractivity contribution in [2.24, 2.45) is 51.8 Å². The molecule has 1 saturated carbocycles. The first-order valence-electron chi connectivity index (χ1n) is 12.1. The Morgan fingerprint density at radius 3 is 1.52 bits per heavy atom. The summed E-state index contributed by atoms with van der Waals surface area (Å²) in [7, 11) is 0. The van der Waals surface area contributed by atoms with Crippen LogP contribution >= 0.6 is 0 Å². The molecule has 3 unspecified atom stereocenters. The lowest BCUT2D eigenvalue weighted by Gasteiger charge is -2.49. The van der Waals surface area contributed by atoms with Crippen LogP contribution in [0, 0.1) is 51.8 Å². The Balaban J connectivity index is 3.24. The second-order valence-electron chi connectivity index (χ2n) is 13.5. The first-order valence-corrected chi connectivity index (χ1v) is 12.1. The van der Waals surface area contributed by atoms with Crippen LogP contribution in [-0.2, 0) is 9.53 Å². The Bertz CT molecular complexity index is 514. The van der Waals surface area contributed by atoms with Crippen molar-refractivity contribution in [1.29, 1.82) is 0 Å². The second-order valence-corrected chi connectivity index (χ2v) is 13.5. The molecule has 0 aromatic carbocycles. The monoisotopic (exact) mass is 408 g/mol. The first-order chi connectivity index (χ1) is 12.9. The fourth-order valence-electron chi connectivity index (χ4n) is 5.40. The Hall–Kier alpha value is -0.530. The number of ether oxygens (including phenoxy) is 1. The summed E-state index contributed by atoms with van der Waals surface area (Å²) in [5.74, 6) is 2.89. The second kappa shape index (κ2) is 9.31. The number of hydrogen-bond acceptors (Lipinski definition) is 2. The minimum atomic E-state index is -0.442. The van der Waals surface area contributed by atoms with Gasteiger partial charge in [0.2, 0.25) is 0 Å². The van der Waals surface area contributed by atoms with E-state index in [4.69, 9.17) is 4.74 Å². The van der Waals surface area contributed by atoms with E-state index in [0.29, 0.717) is 35.0 Å². The molecule has 29 heavy (non-hydrogen) atoms. The first kappa shape index (κ1) is 26.5. The number of esters is 1. The smallest absolute Gasteiger partial charge is 0.312 e. The van der Waals surface area contributed by atoms with Crippen molar-refractivity contribution < 1.29 is 9.53 Å². The van der Waals surface area contributed by atoms with Gasteiger partial charge < -0.3 is 4.74 Å². The van der Waals surface area contributed by atoms with Gasteiger partial charge in [0.25, 0.3) is 0 Å². The lowest BCUT2D eigenvalue weighted by atomic mass is 9.60. The van der Waals surface area contributed by atoms with Gasteiger partial charge in [0.15, 0.2) is 0 Å². The Morgan fingerprint density at radius 2 is 1.24 bits per heavy atom. The standard InChI is InChI=1S/C27H52O2/c1-17(2)21-14-20(26(10,11)12)15-22(18(3)4)23(21)29-24(28)27(13,19(5)6)16-25(7,8)9/h17-23H,14-16H2,1-13H3. The van der Waals surface area contributed by atoms with Gasteiger partial charge in [0.1, 0.15) is 6.10 Å². The molecule has 2 heteroatoms. The quantitative estimate of drug-likeness (QED) is 0.416. The van der Waals surface area contributed by atoms with Gasteiger partial charge in [-0.25, -0.2) is 0 Å². The molecule has 0 aliphatic heterocycles. The Kier molecular flexibility index (Phi) is 8.51. The topological polar surface area (TPSA) is 26.3 Å². The Labute approximate surface area is 182 Å². The molecule has 1 aliphatic carbocycles. The van der Waals surface area contributed by atoms with E-state index < -0.39 is 5.41 Å². The number of rotatable bonds is 6. The van der Waals surface area contributed by atoms with E-state index in [9.17, 15) is 4.79 Å². The van der Waals surface area contributed by atoms with Crippen molar-refractivity contribution in [3.8, 4) is 0 Å². The molecule has 1 aliphatic rings. The number of hydrogen-bond donors (Lipinski definition) is 0. The van der Waals surface area contributed by atoms with E-state index in [-0.39, 0.29) is 23.4 Å².